The highest BCUT2D eigenvalue weighted by atomic mass is 32.2. The zero-order chi connectivity index (χ0) is 17.2. The summed E-state index contributed by atoms with van der Waals surface area (Å²) in [5.41, 5.74) is 2.59. The summed E-state index contributed by atoms with van der Waals surface area (Å²) >= 11 is 3.44. The number of hydrogen-bond acceptors (Lipinski definition) is 6. The summed E-state index contributed by atoms with van der Waals surface area (Å²) < 4.78 is 5.47. The van der Waals surface area contributed by atoms with Gasteiger partial charge in [-0.1, -0.05) is 30.0 Å². The first-order valence-electron chi connectivity index (χ1n) is 8.52. The molecule has 25 heavy (non-hydrogen) atoms. The fourth-order valence-electron chi connectivity index (χ4n) is 3.39. The van der Waals surface area contributed by atoms with Gasteiger partial charge >= 0.3 is 0 Å². The number of benzene rings is 1. The molecule has 0 saturated carbocycles. The minimum absolute atomic E-state index is 0.689. The van der Waals surface area contributed by atoms with Gasteiger partial charge in [-0.15, -0.1) is 11.3 Å². The van der Waals surface area contributed by atoms with Gasteiger partial charge in [-0.25, -0.2) is 9.97 Å². The van der Waals surface area contributed by atoms with Crippen LogP contribution >= 0.6 is 23.1 Å². The van der Waals surface area contributed by atoms with Crippen LogP contribution in [-0.2, 0) is 19.4 Å². The first-order chi connectivity index (χ1) is 12.3. The van der Waals surface area contributed by atoms with Crippen molar-refractivity contribution < 1.29 is 4.74 Å². The molecule has 1 aliphatic carbocycles. The van der Waals surface area contributed by atoms with Crippen molar-refractivity contribution in [2.45, 2.75) is 37.4 Å². The van der Waals surface area contributed by atoms with Crippen molar-refractivity contribution in [3.8, 4) is 5.75 Å². The second kappa shape index (κ2) is 7.22. The number of nitrogens with zero attached hydrogens (tertiary/aromatic N) is 2. The van der Waals surface area contributed by atoms with Crippen molar-refractivity contribution in [1.29, 1.82) is 0 Å². The normalized spacial score (nSPS) is 13.7. The predicted octanol–water partition coefficient (Wildman–Crippen LogP) is 4.91. The maximum Gasteiger partial charge on any atom is 0.190 e. The van der Waals surface area contributed by atoms with Crippen molar-refractivity contribution in [3.63, 3.8) is 0 Å². The quantitative estimate of drug-likeness (QED) is 0.510. The van der Waals surface area contributed by atoms with Gasteiger partial charge in [-0.05, 0) is 43.6 Å². The molecule has 4 rings (SSSR count). The summed E-state index contributed by atoms with van der Waals surface area (Å²) in [5, 5.41) is 5.61. The van der Waals surface area contributed by atoms with Crippen LogP contribution in [-0.4, -0.2) is 23.3 Å². The van der Waals surface area contributed by atoms with Crippen LogP contribution in [0.25, 0.3) is 10.2 Å². The van der Waals surface area contributed by atoms with Crippen LogP contribution in [0.2, 0.25) is 0 Å². The summed E-state index contributed by atoms with van der Waals surface area (Å²) in [7, 11) is 1.71. The molecule has 0 atom stereocenters. The fraction of sp³-hybridized carbons (Fsp3) is 0.368. The zero-order valence-electron chi connectivity index (χ0n) is 14.5. The molecule has 1 aliphatic rings. The van der Waals surface area contributed by atoms with Crippen LogP contribution in [0.1, 0.15) is 28.8 Å². The summed E-state index contributed by atoms with van der Waals surface area (Å²) in [6, 6.07) is 8.11. The van der Waals surface area contributed by atoms with E-state index in [-0.39, 0.29) is 0 Å². The van der Waals surface area contributed by atoms with Gasteiger partial charge in [0.15, 0.2) is 5.16 Å². The molecular formula is C19H21N3OS2. The molecule has 4 nitrogen and oxygen atoms in total. The fourth-order valence-corrected chi connectivity index (χ4v) is 5.07. The van der Waals surface area contributed by atoms with Crippen LogP contribution in [0.15, 0.2) is 29.4 Å². The Labute approximate surface area is 156 Å². The number of thioether (sulfide) groups is 1. The molecule has 0 radical (unpaired) electrons. The summed E-state index contributed by atoms with van der Waals surface area (Å²) in [6.45, 7) is 0.689. The van der Waals surface area contributed by atoms with Crippen molar-refractivity contribution in [2.75, 3.05) is 18.7 Å². The second-order valence-corrected chi connectivity index (χ2v) is 7.97. The van der Waals surface area contributed by atoms with Gasteiger partial charge in [0.25, 0.3) is 0 Å². The highest BCUT2D eigenvalue weighted by Gasteiger charge is 2.21. The topological polar surface area (TPSA) is 47.0 Å². The third kappa shape index (κ3) is 3.20. The minimum Gasteiger partial charge on any atom is -0.496 e. The average Bonchev–Trinajstić information content (AvgIpc) is 3.04. The van der Waals surface area contributed by atoms with E-state index in [4.69, 9.17) is 14.7 Å². The zero-order valence-corrected chi connectivity index (χ0v) is 16.1. The summed E-state index contributed by atoms with van der Waals surface area (Å²) in [5.74, 6) is 1.86. The lowest BCUT2D eigenvalue weighted by atomic mass is 9.97. The van der Waals surface area contributed by atoms with Gasteiger partial charge in [0.1, 0.15) is 16.4 Å². The van der Waals surface area contributed by atoms with E-state index in [9.17, 15) is 0 Å². The molecule has 0 spiro atoms. The van der Waals surface area contributed by atoms with E-state index >= 15 is 0 Å². The molecule has 6 heteroatoms. The number of aryl methyl sites for hydroxylation is 2. The lowest BCUT2D eigenvalue weighted by Crippen LogP contribution is -2.06. The lowest BCUT2D eigenvalue weighted by Gasteiger charge is -2.14. The second-order valence-electron chi connectivity index (χ2n) is 6.12. The van der Waals surface area contributed by atoms with Crippen molar-refractivity contribution in [1.82, 2.24) is 9.97 Å². The van der Waals surface area contributed by atoms with Crippen molar-refractivity contribution in [2.24, 2.45) is 0 Å². The highest BCUT2D eigenvalue weighted by Crippen LogP contribution is 2.39. The number of ether oxygens (including phenoxy) is 1. The SMILES string of the molecule is COc1ccccc1CNc1nc(SC)nc2sc3c(c12)CCCC3. The van der Waals surface area contributed by atoms with Gasteiger partial charge in [0.05, 0.1) is 12.5 Å². The van der Waals surface area contributed by atoms with E-state index in [1.54, 1.807) is 18.9 Å². The smallest absolute Gasteiger partial charge is 0.190 e. The Morgan fingerprint density at radius 2 is 2.04 bits per heavy atom. The van der Waals surface area contributed by atoms with E-state index in [0.717, 1.165) is 33.5 Å². The van der Waals surface area contributed by atoms with Gasteiger partial charge < -0.3 is 10.1 Å². The van der Waals surface area contributed by atoms with E-state index < -0.39 is 0 Å². The van der Waals surface area contributed by atoms with Gasteiger partial charge in [-0.2, -0.15) is 0 Å². The first-order valence-corrected chi connectivity index (χ1v) is 10.6. The molecule has 0 aliphatic heterocycles. The molecule has 2 aromatic heterocycles. The molecule has 0 unspecified atom stereocenters. The average molecular weight is 372 g/mol. The predicted molar refractivity (Wildman–Crippen MR) is 106 cm³/mol. The maximum atomic E-state index is 5.47. The molecular weight excluding hydrogens is 350 g/mol. The Bertz CT molecular complexity index is 907. The van der Waals surface area contributed by atoms with Crippen LogP contribution in [0.3, 0.4) is 0 Å². The molecule has 130 valence electrons. The largest absolute Gasteiger partial charge is 0.496 e. The van der Waals surface area contributed by atoms with E-state index in [1.165, 1.54) is 35.1 Å². The Hall–Kier alpha value is -1.79. The van der Waals surface area contributed by atoms with Gasteiger partial charge in [-0.3, -0.25) is 0 Å². The Morgan fingerprint density at radius 3 is 2.88 bits per heavy atom. The first kappa shape index (κ1) is 16.7. The van der Waals surface area contributed by atoms with E-state index in [2.05, 4.69) is 11.4 Å². The van der Waals surface area contributed by atoms with Crippen LogP contribution in [0.4, 0.5) is 5.82 Å². The molecule has 2 heterocycles. The minimum atomic E-state index is 0.689. The number of aromatic nitrogens is 2. The molecule has 1 N–H and O–H groups in total. The van der Waals surface area contributed by atoms with Crippen LogP contribution < -0.4 is 10.1 Å². The number of methoxy groups -OCH3 is 1. The van der Waals surface area contributed by atoms with Gasteiger partial charge in [0.2, 0.25) is 0 Å². The molecule has 0 bridgehead atoms. The van der Waals surface area contributed by atoms with Crippen LogP contribution in [0.5, 0.6) is 5.75 Å². The van der Waals surface area contributed by atoms with Crippen molar-refractivity contribution in [3.05, 3.63) is 40.3 Å². The highest BCUT2D eigenvalue weighted by molar-refractivity contribution is 7.98. The van der Waals surface area contributed by atoms with Crippen molar-refractivity contribution >= 4 is 39.1 Å². The monoisotopic (exact) mass is 371 g/mol. The Kier molecular flexibility index (Phi) is 4.81. The maximum absolute atomic E-state index is 5.47. The molecule has 0 saturated heterocycles. The summed E-state index contributed by atoms with van der Waals surface area (Å²) in [6.07, 6.45) is 6.89. The number of anilines is 1. The molecule has 3 aromatic rings. The number of rotatable bonds is 5. The number of fused-ring (bicyclic) bond motifs is 3. The van der Waals surface area contributed by atoms with E-state index in [0.29, 0.717) is 6.54 Å². The molecule has 1 aromatic carbocycles. The third-order valence-electron chi connectivity index (χ3n) is 4.62. The molecule has 0 fully saturated rings. The number of para-hydroxylation sites is 1. The molecule has 0 amide bonds. The van der Waals surface area contributed by atoms with Crippen LogP contribution in [0, 0.1) is 0 Å². The van der Waals surface area contributed by atoms with E-state index in [1.807, 2.05) is 35.8 Å². The standard InChI is InChI=1S/C19H21N3OS2/c1-23-14-9-5-3-7-12(14)11-20-17-16-13-8-4-6-10-15(13)25-18(16)22-19(21-17)24-2/h3,5,7,9H,4,6,8,10-11H2,1-2H3,(H,20,21,22). The Balaban J connectivity index is 1.73. The Morgan fingerprint density at radius 1 is 1.20 bits per heavy atom. The number of hydrogen-bond donors (Lipinski definition) is 1. The third-order valence-corrected chi connectivity index (χ3v) is 6.35. The summed E-state index contributed by atoms with van der Waals surface area (Å²) in [4.78, 5) is 12.1. The van der Waals surface area contributed by atoms with Gasteiger partial charge in [0, 0.05) is 17.0 Å². The number of nitrogens with one attached hydrogen (secondary N) is 1. The lowest BCUT2D eigenvalue weighted by molar-refractivity contribution is 0.410. The number of thiophene rings is 1.